The highest BCUT2D eigenvalue weighted by atomic mass is 35.5. The van der Waals surface area contributed by atoms with Crippen molar-refractivity contribution in [2.45, 2.75) is 50.5 Å². The third-order valence-corrected chi connectivity index (χ3v) is 5.38. The number of likely N-dealkylation sites (N-methyl/N-ethyl adjacent to an activating group) is 1. The molecule has 2 aromatic rings. The fourth-order valence-corrected chi connectivity index (χ4v) is 3.48. The van der Waals surface area contributed by atoms with Gasteiger partial charge in [0.2, 0.25) is 23.6 Å². The Kier molecular flexibility index (Phi) is 12.6. The molecule has 0 spiro atoms. The minimum atomic E-state index is -1.31. The summed E-state index contributed by atoms with van der Waals surface area (Å²) in [5.41, 5.74) is 12.9. The zero-order valence-electron chi connectivity index (χ0n) is 20.3. The van der Waals surface area contributed by atoms with Crippen molar-refractivity contribution in [1.82, 2.24) is 15.5 Å². The molecule has 0 bridgehead atoms. The van der Waals surface area contributed by atoms with E-state index < -0.39 is 48.4 Å². The summed E-state index contributed by atoms with van der Waals surface area (Å²) in [4.78, 5) is 51.2. The molecule has 0 fully saturated rings. The maximum atomic E-state index is 13.2. The van der Waals surface area contributed by atoms with E-state index in [2.05, 4.69) is 10.6 Å². The lowest BCUT2D eigenvalue weighted by Crippen LogP contribution is -2.55. The Morgan fingerprint density at radius 3 is 1.97 bits per heavy atom. The predicted molar refractivity (Wildman–Crippen MR) is 138 cm³/mol. The number of amides is 4. The molecular weight excluding hydrogens is 486 g/mol. The van der Waals surface area contributed by atoms with E-state index in [4.69, 9.17) is 11.5 Å². The average molecular weight is 520 g/mol. The molecule has 0 aliphatic heterocycles. The van der Waals surface area contributed by atoms with Gasteiger partial charge in [-0.05, 0) is 18.1 Å². The number of rotatable bonds is 12. The lowest BCUT2D eigenvalue weighted by molar-refractivity contribution is -0.136. The van der Waals surface area contributed by atoms with Crippen LogP contribution in [-0.4, -0.2) is 64.9 Å². The summed E-state index contributed by atoms with van der Waals surface area (Å²) in [6.45, 7) is 1.65. The zero-order valence-corrected chi connectivity index (χ0v) is 21.1. The SMILES string of the molecule is CC(O)C(NC(=O)CC(N)C(=O)N[C@H](Cc1ccccc1)C(=O)N(C)Cc1ccccc1)C(N)=O.Cl. The largest absolute Gasteiger partial charge is 0.391 e. The van der Waals surface area contributed by atoms with Crippen LogP contribution >= 0.6 is 12.4 Å². The van der Waals surface area contributed by atoms with Crippen LogP contribution in [0.2, 0.25) is 0 Å². The molecule has 196 valence electrons. The van der Waals surface area contributed by atoms with Crippen molar-refractivity contribution in [2.75, 3.05) is 7.05 Å². The Morgan fingerprint density at radius 2 is 1.47 bits per heavy atom. The second kappa shape index (κ2) is 14.8. The molecule has 0 radical (unpaired) electrons. The van der Waals surface area contributed by atoms with E-state index in [1.54, 1.807) is 7.05 Å². The molecule has 0 aromatic heterocycles. The van der Waals surface area contributed by atoms with E-state index in [0.717, 1.165) is 11.1 Å². The van der Waals surface area contributed by atoms with Gasteiger partial charge in [-0.25, -0.2) is 0 Å². The summed E-state index contributed by atoms with van der Waals surface area (Å²) in [6.07, 6.45) is -1.45. The molecule has 0 saturated heterocycles. The van der Waals surface area contributed by atoms with Crippen LogP contribution in [-0.2, 0) is 32.1 Å². The van der Waals surface area contributed by atoms with Crippen molar-refractivity contribution in [3.8, 4) is 0 Å². The third-order valence-electron chi connectivity index (χ3n) is 5.38. The number of hydrogen-bond donors (Lipinski definition) is 5. The Hall–Kier alpha value is -3.47. The summed E-state index contributed by atoms with van der Waals surface area (Å²) in [7, 11) is 1.65. The first-order valence-corrected chi connectivity index (χ1v) is 11.2. The first kappa shape index (κ1) is 30.6. The standard InChI is InChI=1S/C25H33N5O5.ClH/c1-16(31)22(23(27)33)29-21(32)14-19(26)24(34)28-20(13-17-9-5-3-6-10-17)25(35)30(2)15-18-11-7-4-8-12-18;/h3-12,16,19-20,22,31H,13-15,26H2,1-2H3,(H2,27,33)(H,28,34)(H,29,32);1H/t16?,19?,20-,22?;/m1./s1. The van der Waals surface area contributed by atoms with Crippen LogP contribution in [0.15, 0.2) is 60.7 Å². The number of aliphatic hydroxyl groups excluding tert-OH is 1. The zero-order chi connectivity index (χ0) is 26.0. The molecule has 7 N–H and O–H groups in total. The maximum absolute atomic E-state index is 13.2. The predicted octanol–water partition coefficient (Wildman–Crippen LogP) is -0.137. The van der Waals surface area contributed by atoms with Gasteiger partial charge in [0.25, 0.3) is 0 Å². The molecule has 36 heavy (non-hydrogen) atoms. The van der Waals surface area contributed by atoms with E-state index in [1.807, 2.05) is 60.7 Å². The smallest absolute Gasteiger partial charge is 0.245 e. The molecule has 4 atom stereocenters. The Labute approximate surface area is 216 Å². The van der Waals surface area contributed by atoms with Crippen LogP contribution in [0, 0.1) is 0 Å². The number of carbonyl (C=O) groups excluding carboxylic acids is 4. The number of hydrogen-bond acceptors (Lipinski definition) is 6. The number of aliphatic hydroxyl groups is 1. The molecule has 4 amide bonds. The second-order valence-electron chi connectivity index (χ2n) is 8.43. The van der Waals surface area contributed by atoms with Gasteiger partial charge in [0.1, 0.15) is 12.1 Å². The molecule has 0 aliphatic rings. The third kappa shape index (κ3) is 9.65. The Balaban J connectivity index is 0.00000648. The molecule has 0 aliphatic carbocycles. The number of primary amides is 1. The Bertz CT molecular complexity index is 1010. The summed E-state index contributed by atoms with van der Waals surface area (Å²) < 4.78 is 0. The van der Waals surface area contributed by atoms with Gasteiger partial charge < -0.3 is 32.1 Å². The molecule has 0 heterocycles. The fraction of sp³-hybridized carbons (Fsp3) is 0.360. The van der Waals surface area contributed by atoms with E-state index >= 15 is 0 Å². The highest BCUT2D eigenvalue weighted by Crippen LogP contribution is 2.09. The normalized spacial score (nSPS) is 13.8. The van der Waals surface area contributed by atoms with Crippen molar-refractivity contribution in [3.63, 3.8) is 0 Å². The van der Waals surface area contributed by atoms with Gasteiger partial charge in [0, 0.05) is 20.0 Å². The van der Waals surface area contributed by atoms with Crippen LogP contribution < -0.4 is 22.1 Å². The Morgan fingerprint density at radius 1 is 0.944 bits per heavy atom. The van der Waals surface area contributed by atoms with E-state index in [9.17, 15) is 24.3 Å². The highest BCUT2D eigenvalue weighted by molar-refractivity contribution is 5.93. The van der Waals surface area contributed by atoms with Crippen LogP contribution in [0.4, 0.5) is 0 Å². The van der Waals surface area contributed by atoms with Gasteiger partial charge in [-0.3, -0.25) is 19.2 Å². The van der Waals surface area contributed by atoms with Crippen LogP contribution in [0.1, 0.15) is 24.5 Å². The lowest BCUT2D eigenvalue weighted by Gasteiger charge is -2.26. The van der Waals surface area contributed by atoms with Gasteiger partial charge in [-0.2, -0.15) is 0 Å². The first-order valence-electron chi connectivity index (χ1n) is 11.2. The van der Waals surface area contributed by atoms with Crippen molar-refractivity contribution >= 4 is 36.0 Å². The minimum Gasteiger partial charge on any atom is -0.391 e. The average Bonchev–Trinajstić information content (AvgIpc) is 2.82. The van der Waals surface area contributed by atoms with Gasteiger partial charge in [0.15, 0.2) is 0 Å². The fourth-order valence-electron chi connectivity index (χ4n) is 3.48. The van der Waals surface area contributed by atoms with E-state index in [-0.39, 0.29) is 24.7 Å². The first-order chi connectivity index (χ1) is 16.6. The second-order valence-corrected chi connectivity index (χ2v) is 8.43. The summed E-state index contributed by atoms with van der Waals surface area (Å²) in [5, 5.41) is 14.5. The van der Waals surface area contributed by atoms with Crippen LogP contribution in [0.25, 0.3) is 0 Å². The number of halogens is 1. The number of carbonyl (C=O) groups is 4. The van der Waals surface area contributed by atoms with E-state index in [0.29, 0.717) is 6.54 Å². The van der Waals surface area contributed by atoms with Gasteiger partial charge in [-0.15, -0.1) is 12.4 Å². The highest BCUT2D eigenvalue weighted by Gasteiger charge is 2.29. The number of nitrogens with one attached hydrogen (secondary N) is 2. The molecular formula is C25H34ClN5O5. The molecule has 2 aromatic carbocycles. The van der Waals surface area contributed by atoms with Crippen LogP contribution in [0.5, 0.6) is 0 Å². The lowest BCUT2D eigenvalue weighted by atomic mass is 10.0. The van der Waals surface area contributed by atoms with Crippen LogP contribution in [0.3, 0.4) is 0 Å². The molecule has 2 rings (SSSR count). The number of benzene rings is 2. The molecule has 11 heteroatoms. The summed E-state index contributed by atoms with van der Waals surface area (Å²) >= 11 is 0. The quantitative estimate of drug-likeness (QED) is 0.261. The van der Waals surface area contributed by atoms with Gasteiger partial charge in [-0.1, -0.05) is 60.7 Å². The monoisotopic (exact) mass is 519 g/mol. The van der Waals surface area contributed by atoms with E-state index in [1.165, 1.54) is 11.8 Å². The number of nitrogens with zero attached hydrogens (tertiary/aromatic N) is 1. The van der Waals surface area contributed by atoms with Crippen molar-refractivity contribution in [1.29, 1.82) is 0 Å². The molecule has 3 unspecified atom stereocenters. The van der Waals surface area contributed by atoms with Gasteiger partial charge in [0.05, 0.1) is 18.6 Å². The van der Waals surface area contributed by atoms with Crippen molar-refractivity contribution < 1.29 is 24.3 Å². The molecule has 10 nitrogen and oxygen atoms in total. The van der Waals surface area contributed by atoms with Crippen molar-refractivity contribution in [2.24, 2.45) is 11.5 Å². The number of nitrogens with two attached hydrogens (primary N) is 2. The maximum Gasteiger partial charge on any atom is 0.245 e. The topological polar surface area (TPSA) is 168 Å². The summed E-state index contributed by atoms with van der Waals surface area (Å²) in [5.74, 6) is -2.66. The summed E-state index contributed by atoms with van der Waals surface area (Å²) in [6, 6.07) is 15.1. The van der Waals surface area contributed by atoms with Gasteiger partial charge >= 0.3 is 0 Å². The minimum absolute atomic E-state index is 0. The molecule has 0 saturated carbocycles. The van der Waals surface area contributed by atoms with Crippen molar-refractivity contribution in [3.05, 3.63) is 71.8 Å².